The highest BCUT2D eigenvalue weighted by Gasteiger charge is 2.22. The summed E-state index contributed by atoms with van der Waals surface area (Å²) < 4.78 is 27.2. The average Bonchev–Trinajstić information content (AvgIpc) is 2.62. The molecule has 0 heterocycles. The van der Waals surface area contributed by atoms with Crippen LogP contribution in [0.5, 0.6) is 0 Å². The quantitative estimate of drug-likeness (QED) is 0.680. The summed E-state index contributed by atoms with van der Waals surface area (Å²) in [6.07, 6.45) is 0.0652. The fourth-order valence-corrected chi connectivity index (χ4v) is 3.99. The second-order valence-corrected chi connectivity index (χ2v) is 9.77. The van der Waals surface area contributed by atoms with Crippen LogP contribution in [-0.4, -0.2) is 27.4 Å². The van der Waals surface area contributed by atoms with E-state index in [1.807, 2.05) is 45.9 Å². The van der Waals surface area contributed by atoms with Crippen LogP contribution in [0.1, 0.15) is 37.0 Å². The number of halogens is 1. The number of amides is 1. The molecule has 0 atom stereocenters. The Morgan fingerprint density at radius 3 is 2.43 bits per heavy atom. The van der Waals surface area contributed by atoms with E-state index in [1.165, 1.54) is 0 Å². The molecule has 152 valence electrons. The van der Waals surface area contributed by atoms with E-state index in [2.05, 4.69) is 10.0 Å². The van der Waals surface area contributed by atoms with Crippen LogP contribution in [0.25, 0.3) is 0 Å². The molecule has 0 saturated heterocycles. The number of hydrogen-bond acceptors (Lipinski definition) is 3. The number of rotatable bonds is 8. The Hall–Kier alpha value is -1.89. The summed E-state index contributed by atoms with van der Waals surface area (Å²) >= 11 is 6.04. The Balaban J connectivity index is 1.86. The van der Waals surface area contributed by atoms with Crippen LogP contribution in [0.15, 0.2) is 47.4 Å². The van der Waals surface area contributed by atoms with Gasteiger partial charge in [-0.3, -0.25) is 4.79 Å². The van der Waals surface area contributed by atoms with E-state index < -0.39 is 10.0 Å². The van der Waals surface area contributed by atoms with Gasteiger partial charge in [0.25, 0.3) is 0 Å². The third-order valence-electron chi connectivity index (χ3n) is 4.77. The summed E-state index contributed by atoms with van der Waals surface area (Å²) in [7, 11) is -3.63. The van der Waals surface area contributed by atoms with Crippen molar-refractivity contribution < 1.29 is 13.2 Å². The highest BCUT2D eigenvalue weighted by Crippen LogP contribution is 2.24. The number of carbonyl (C=O) groups is 1. The number of hydrogen-bond donors (Lipinski definition) is 2. The van der Waals surface area contributed by atoms with Gasteiger partial charge in [0, 0.05) is 29.9 Å². The van der Waals surface area contributed by atoms with E-state index in [9.17, 15) is 13.2 Å². The van der Waals surface area contributed by atoms with E-state index >= 15 is 0 Å². The van der Waals surface area contributed by atoms with Gasteiger partial charge in [-0.1, -0.05) is 43.6 Å². The minimum absolute atomic E-state index is 0.0404. The first-order valence-corrected chi connectivity index (χ1v) is 11.0. The summed E-state index contributed by atoms with van der Waals surface area (Å²) in [4.78, 5) is 12.3. The molecule has 0 aromatic heterocycles. The lowest BCUT2D eigenvalue weighted by Crippen LogP contribution is -2.38. The Kier molecular flexibility index (Phi) is 7.26. The van der Waals surface area contributed by atoms with Crippen molar-refractivity contribution in [2.45, 2.75) is 44.4 Å². The maximum atomic E-state index is 12.4. The second-order valence-electron chi connectivity index (χ2n) is 7.56. The SMILES string of the molecule is Cc1ccc(S(=O)(=O)NCCC(=O)NCC(C)(C)c2cccc(Cl)c2)cc1C. The zero-order chi connectivity index (χ0) is 20.9. The Labute approximate surface area is 172 Å². The minimum Gasteiger partial charge on any atom is -0.355 e. The topological polar surface area (TPSA) is 75.3 Å². The molecule has 7 heteroatoms. The molecule has 0 spiro atoms. The lowest BCUT2D eigenvalue weighted by atomic mass is 9.84. The van der Waals surface area contributed by atoms with Crippen LogP contribution in [0.2, 0.25) is 5.02 Å². The van der Waals surface area contributed by atoms with Crippen molar-refractivity contribution in [1.29, 1.82) is 0 Å². The third kappa shape index (κ3) is 6.06. The summed E-state index contributed by atoms with van der Waals surface area (Å²) in [5.41, 5.74) is 2.67. The molecule has 5 nitrogen and oxygen atoms in total. The van der Waals surface area contributed by atoms with Gasteiger partial charge >= 0.3 is 0 Å². The molecular weight excluding hydrogens is 396 g/mol. The van der Waals surface area contributed by atoms with Gasteiger partial charge in [-0.2, -0.15) is 0 Å². The standard InChI is InChI=1S/C21H27ClN2O3S/c1-15-8-9-19(12-16(15)2)28(26,27)24-11-10-20(25)23-14-21(3,4)17-6-5-7-18(22)13-17/h5-9,12-13,24H,10-11,14H2,1-4H3,(H,23,25). The predicted molar refractivity (Wildman–Crippen MR) is 113 cm³/mol. The van der Waals surface area contributed by atoms with Gasteiger partial charge in [0.05, 0.1) is 4.90 Å². The van der Waals surface area contributed by atoms with Gasteiger partial charge in [-0.15, -0.1) is 0 Å². The molecule has 0 saturated carbocycles. The number of nitrogens with one attached hydrogen (secondary N) is 2. The number of aryl methyl sites for hydroxylation is 2. The molecule has 0 aliphatic heterocycles. The summed E-state index contributed by atoms with van der Waals surface area (Å²) in [5, 5.41) is 3.52. The Morgan fingerprint density at radius 2 is 1.79 bits per heavy atom. The molecule has 0 bridgehead atoms. The molecule has 0 radical (unpaired) electrons. The highest BCUT2D eigenvalue weighted by atomic mass is 35.5. The molecule has 2 aromatic carbocycles. The summed E-state index contributed by atoms with van der Waals surface area (Å²) in [5.74, 6) is -0.210. The molecule has 2 aromatic rings. The fraction of sp³-hybridized carbons (Fsp3) is 0.381. The first-order chi connectivity index (χ1) is 13.0. The predicted octanol–water partition coefficient (Wildman–Crippen LogP) is 3.72. The van der Waals surface area contributed by atoms with E-state index in [-0.39, 0.29) is 29.2 Å². The smallest absolute Gasteiger partial charge is 0.240 e. The number of carbonyl (C=O) groups excluding carboxylic acids is 1. The van der Waals surface area contributed by atoms with Crippen LogP contribution in [-0.2, 0) is 20.2 Å². The fourth-order valence-electron chi connectivity index (χ4n) is 2.68. The van der Waals surface area contributed by atoms with Crippen molar-refractivity contribution in [2.75, 3.05) is 13.1 Å². The van der Waals surface area contributed by atoms with Crippen molar-refractivity contribution in [3.8, 4) is 0 Å². The molecule has 0 aliphatic rings. The normalized spacial score (nSPS) is 12.0. The maximum absolute atomic E-state index is 12.4. The lowest BCUT2D eigenvalue weighted by Gasteiger charge is -2.26. The third-order valence-corrected chi connectivity index (χ3v) is 6.46. The minimum atomic E-state index is -3.63. The molecule has 0 unspecified atom stereocenters. The van der Waals surface area contributed by atoms with Gasteiger partial charge < -0.3 is 5.32 Å². The molecule has 0 aliphatic carbocycles. The maximum Gasteiger partial charge on any atom is 0.240 e. The monoisotopic (exact) mass is 422 g/mol. The largest absolute Gasteiger partial charge is 0.355 e. The number of benzene rings is 2. The van der Waals surface area contributed by atoms with Gasteiger partial charge in [0.1, 0.15) is 0 Å². The van der Waals surface area contributed by atoms with Crippen molar-refractivity contribution in [1.82, 2.24) is 10.0 Å². The zero-order valence-corrected chi connectivity index (χ0v) is 18.2. The summed E-state index contributed by atoms with van der Waals surface area (Å²) in [6.45, 7) is 8.29. The van der Waals surface area contributed by atoms with Crippen molar-refractivity contribution in [2.24, 2.45) is 0 Å². The van der Waals surface area contributed by atoms with E-state index in [1.54, 1.807) is 24.3 Å². The molecular formula is C21H27ClN2O3S. The van der Waals surface area contributed by atoms with Gasteiger partial charge in [-0.25, -0.2) is 13.1 Å². The molecule has 2 N–H and O–H groups in total. The first kappa shape index (κ1) is 22.4. The van der Waals surface area contributed by atoms with E-state index in [0.29, 0.717) is 11.6 Å². The van der Waals surface area contributed by atoms with Crippen LogP contribution >= 0.6 is 11.6 Å². The zero-order valence-electron chi connectivity index (χ0n) is 16.7. The number of sulfonamides is 1. The van der Waals surface area contributed by atoms with Gasteiger partial charge in [-0.05, 0) is 54.8 Å². The van der Waals surface area contributed by atoms with Gasteiger partial charge in [0.15, 0.2) is 0 Å². The van der Waals surface area contributed by atoms with E-state index in [0.717, 1.165) is 16.7 Å². The highest BCUT2D eigenvalue weighted by molar-refractivity contribution is 7.89. The van der Waals surface area contributed by atoms with Crippen LogP contribution in [0.4, 0.5) is 0 Å². The first-order valence-electron chi connectivity index (χ1n) is 9.11. The van der Waals surface area contributed by atoms with E-state index in [4.69, 9.17) is 11.6 Å². The Bertz CT molecular complexity index is 956. The van der Waals surface area contributed by atoms with Gasteiger partial charge in [0.2, 0.25) is 15.9 Å². The molecule has 2 rings (SSSR count). The van der Waals surface area contributed by atoms with Crippen LogP contribution in [0.3, 0.4) is 0 Å². The van der Waals surface area contributed by atoms with Crippen LogP contribution in [0, 0.1) is 13.8 Å². The van der Waals surface area contributed by atoms with Crippen molar-refractivity contribution in [3.05, 3.63) is 64.2 Å². The summed E-state index contributed by atoms with van der Waals surface area (Å²) in [6, 6.07) is 12.5. The van der Waals surface area contributed by atoms with Crippen molar-refractivity contribution >= 4 is 27.5 Å². The Morgan fingerprint density at radius 1 is 1.07 bits per heavy atom. The molecule has 1 amide bonds. The van der Waals surface area contributed by atoms with Crippen molar-refractivity contribution in [3.63, 3.8) is 0 Å². The average molecular weight is 423 g/mol. The molecule has 0 fully saturated rings. The van der Waals surface area contributed by atoms with Crippen LogP contribution < -0.4 is 10.0 Å². The second kappa shape index (κ2) is 9.07. The molecule has 28 heavy (non-hydrogen) atoms. The lowest BCUT2D eigenvalue weighted by molar-refractivity contribution is -0.121.